The smallest absolute Gasteiger partial charge is 0.259 e. The number of thiazole rings is 1. The normalized spacial score (nSPS) is 16.1. The highest BCUT2D eigenvalue weighted by atomic mass is 32.1. The van der Waals surface area contributed by atoms with Crippen LogP contribution in [0, 0.1) is 5.92 Å². The topological polar surface area (TPSA) is 84.2 Å². The zero-order valence-corrected chi connectivity index (χ0v) is 17.3. The number of carbonyl (C=O) groups excluding carboxylic acids is 1. The first-order chi connectivity index (χ1) is 13.5. The number of likely N-dealkylation sites (tertiary alicyclic amines) is 1. The van der Waals surface area contributed by atoms with E-state index in [4.69, 9.17) is 4.52 Å². The Morgan fingerprint density at radius 2 is 2.18 bits per heavy atom. The third kappa shape index (κ3) is 4.07. The van der Waals surface area contributed by atoms with E-state index in [2.05, 4.69) is 32.3 Å². The lowest BCUT2D eigenvalue weighted by molar-refractivity contribution is 0.102. The third-order valence-corrected chi connectivity index (χ3v) is 6.01. The van der Waals surface area contributed by atoms with Crippen LogP contribution in [-0.2, 0) is 6.54 Å². The number of piperidine rings is 1. The minimum Gasteiger partial charge on any atom is -0.336 e. The first-order valence-corrected chi connectivity index (χ1v) is 10.6. The first kappa shape index (κ1) is 19.0. The number of rotatable bonds is 5. The number of pyridine rings is 1. The highest BCUT2D eigenvalue weighted by Gasteiger charge is 2.18. The monoisotopic (exact) mass is 399 g/mol. The molecule has 0 saturated carbocycles. The highest BCUT2D eigenvalue weighted by molar-refractivity contribution is 7.14. The first-order valence-electron chi connectivity index (χ1n) is 9.73. The maximum absolute atomic E-state index is 12.7. The molecule has 0 unspecified atom stereocenters. The van der Waals surface area contributed by atoms with E-state index in [9.17, 15) is 4.79 Å². The number of hydrogen-bond donors (Lipinski definition) is 1. The number of nitrogens with zero attached hydrogens (tertiary/aromatic N) is 4. The molecule has 0 atom stereocenters. The quantitative estimate of drug-likeness (QED) is 0.689. The van der Waals surface area contributed by atoms with Gasteiger partial charge in [0.1, 0.15) is 0 Å². The molecule has 148 valence electrons. The molecule has 28 heavy (non-hydrogen) atoms. The lowest BCUT2D eigenvalue weighted by Crippen LogP contribution is -2.32. The van der Waals surface area contributed by atoms with Crippen molar-refractivity contribution in [2.24, 2.45) is 5.92 Å². The van der Waals surface area contributed by atoms with Crippen LogP contribution in [-0.4, -0.2) is 39.0 Å². The van der Waals surface area contributed by atoms with Crippen LogP contribution in [0.15, 0.2) is 22.2 Å². The van der Waals surface area contributed by atoms with Crippen LogP contribution < -0.4 is 5.32 Å². The zero-order valence-electron chi connectivity index (χ0n) is 16.4. The largest absolute Gasteiger partial charge is 0.336 e. The fraction of sp³-hybridized carbons (Fsp3) is 0.500. The summed E-state index contributed by atoms with van der Waals surface area (Å²) < 4.78 is 5.24. The van der Waals surface area contributed by atoms with Crippen molar-refractivity contribution < 1.29 is 9.32 Å². The number of fused-ring (bicyclic) bond motifs is 1. The van der Waals surface area contributed by atoms with E-state index in [0.29, 0.717) is 16.4 Å². The zero-order chi connectivity index (χ0) is 19.7. The number of amides is 1. The van der Waals surface area contributed by atoms with E-state index < -0.39 is 0 Å². The third-order valence-electron chi connectivity index (χ3n) is 5.20. The summed E-state index contributed by atoms with van der Waals surface area (Å²) in [6, 6.07) is 1.78. The Morgan fingerprint density at radius 1 is 1.39 bits per heavy atom. The molecule has 1 fully saturated rings. The van der Waals surface area contributed by atoms with Crippen molar-refractivity contribution in [3.63, 3.8) is 0 Å². The molecular formula is C20H25N5O2S. The predicted octanol–water partition coefficient (Wildman–Crippen LogP) is 4.29. The fourth-order valence-corrected chi connectivity index (χ4v) is 4.14. The number of aromatic nitrogens is 3. The molecule has 0 spiro atoms. The van der Waals surface area contributed by atoms with Crippen LogP contribution in [0.3, 0.4) is 0 Å². The second-order valence-electron chi connectivity index (χ2n) is 7.86. The lowest BCUT2D eigenvalue weighted by Gasteiger charge is -2.29. The SMILES string of the molecule is CC1CCN(Cc2csc(NC(=O)c3cnc4onc(C(C)C)c4c3)n2)CC1. The molecule has 4 rings (SSSR count). The van der Waals surface area contributed by atoms with Gasteiger partial charge < -0.3 is 4.52 Å². The van der Waals surface area contributed by atoms with Crippen molar-refractivity contribution >= 4 is 33.5 Å². The lowest BCUT2D eigenvalue weighted by atomic mass is 9.99. The molecule has 0 bridgehead atoms. The summed E-state index contributed by atoms with van der Waals surface area (Å²) in [4.78, 5) is 23.9. The molecule has 1 aliphatic rings. The fourth-order valence-electron chi connectivity index (χ4n) is 3.45. The maximum Gasteiger partial charge on any atom is 0.259 e. The summed E-state index contributed by atoms with van der Waals surface area (Å²) in [5.74, 6) is 0.785. The number of hydrogen-bond acceptors (Lipinski definition) is 7. The molecular weight excluding hydrogens is 374 g/mol. The van der Waals surface area contributed by atoms with E-state index >= 15 is 0 Å². The summed E-state index contributed by atoms with van der Waals surface area (Å²) in [6.07, 6.45) is 3.99. The Balaban J connectivity index is 1.43. The van der Waals surface area contributed by atoms with Gasteiger partial charge in [-0.3, -0.25) is 15.0 Å². The molecule has 7 nitrogen and oxygen atoms in total. The van der Waals surface area contributed by atoms with Crippen LogP contribution >= 0.6 is 11.3 Å². The molecule has 1 N–H and O–H groups in total. The molecule has 1 saturated heterocycles. The molecule has 8 heteroatoms. The standard InChI is InChI=1S/C20H25N5O2S/c1-12(2)17-16-8-14(9-21-19(16)27-24-17)18(26)23-20-22-15(11-28-20)10-25-6-4-13(3)5-7-25/h8-9,11-13H,4-7,10H2,1-3H3,(H,22,23,26). The van der Waals surface area contributed by atoms with Crippen molar-refractivity contribution in [3.8, 4) is 0 Å². The van der Waals surface area contributed by atoms with Crippen molar-refractivity contribution in [1.82, 2.24) is 20.0 Å². The van der Waals surface area contributed by atoms with Crippen molar-refractivity contribution in [1.29, 1.82) is 0 Å². The Hall–Kier alpha value is -2.32. The number of anilines is 1. The van der Waals surface area contributed by atoms with Gasteiger partial charge in [-0.2, -0.15) is 0 Å². The van der Waals surface area contributed by atoms with E-state index in [-0.39, 0.29) is 11.8 Å². The van der Waals surface area contributed by atoms with Crippen LogP contribution in [0.5, 0.6) is 0 Å². The van der Waals surface area contributed by atoms with Crippen LogP contribution in [0.1, 0.15) is 61.3 Å². The Kier molecular flexibility index (Phi) is 5.41. The van der Waals surface area contributed by atoms with Gasteiger partial charge >= 0.3 is 0 Å². The van der Waals surface area contributed by atoms with Crippen LogP contribution in [0.2, 0.25) is 0 Å². The Labute approximate surface area is 168 Å². The second-order valence-corrected chi connectivity index (χ2v) is 8.71. The average molecular weight is 400 g/mol. The highest BCUT2D eigenvalue weighted by Crippen LogP contribution is 2.25. The molecule has 0 aromatic carbocycles. The van der Waals surface area contributed by atoms with E-state index in [1.165, 1.54) is 30.4 Å². The Morgan fingerprint density at radius 3 is 2.93 bits per heavy atom. The summed E-state index contributed by atoms with van der Waals surface area (Å²) in [5.41, 5.74) is 2.74. The summed E-state index contributed by atoms with van der Waals surface area (Å²) >= 11 is 1.45. The van der Waals surface area contributed by atoms with E-state index in [0.717, 1.165) is 42.3 Å². The van der Waals surface area contributed by atoms with E-state index in [1.807, 2.05) is 19.2 Å². The van der Waals surface area contributed by atoms with Crippen LogP contribution in [0.25, 0.3) is 11.1 Å². The minimum atomic E-state index is -0.224. The average Bonchev–Trinajstić information content (AvgIpc) is 3.29. The van der Waals surface area contributed by atoms with Crippen molar-refractivity contribution in [2.45, 2.75) is 46.1 Å². The van der Waals surface area contributed by atoms with Gasteiger partial charge in [0, 0.05) is 18.1 Å². The van der Waals surface area contributed by atoms with Crippen LogP contribution in [0.4, 0.5) is 5.13 Å². The molecule has 0 radical (unpaired) electrons. The maximum atomic E-state index is 12.7. The molecule has 1 aliphatic heterocycles. The van der Waals surface area contributed by atoms with Gasteiger partial charge in [-0.05, 0) is 43.8 Å². The van der Waals surface area contributed by atoms with Gasteiger partial charge in [-0.25, -0.2) is 9.97 Å². The van der Waals surface area contributed by atoms with Gasteiger partial charge in [0.2, 0.25) is 0 Å². The molecule has 0 aliphatic carbocycles. The van der Waals surface area contributed by atoms with Gasteiger partial charge in [0.15, 0.2) is 5.13 Å². The van der Waals surface area contributed by atoms with Gasteiger partial charge in [0.05, 0.1) is 22.3 Å². The van der Waals surface area contributed by atoms with Gasteiger partial charge in [-0.1, -0.05) is 25.9 Å². The van der Waals surface area contributed by atoms with Gasteiger partial charge in [-0.15, -0.1) is 11.3 Å². The molecule has 3 aromatic heterocycles. The summed E-state index contributed by atoms with van der Waals surface area (Å²) in [5, 5.41) is 10.4. The summed E-state index contributed by atoms with van der Waals surface area (Å²) in [7, 11) is 0. The van der Waals surface area contributed by atoms with E-state index in [1.54, 1.807) is 6.07 Å². The second kappa shape index (κ2) is 7.97. The summed E-state index contributed by atoms with van der Waals surface area (Å²) in [6.45, 7) is 9.44. The predicted molar refractivity (Wildman–Crippen MR) is 110 cm³/mol. The molecule has 1 amide bonds. The van der Waals surface area contributed by atoms with Crippen molar-refractivity contribution in [2.75, 3.05) is 18.4 Å². The molecule has 4 heterocycles. The number of nitrogens with one attached hydrogen (secondary N) is 1. The molecule has 3 aromatic rings. The van der Waals surface area contributed by atoms with Crippen molar-refractivity contribution in [3.05, 3.63) is 34.6 Å². The number of carbonyl (C=O) groups is 1. The Bertz CT molecular complexity index is 972. The minimum absolute atomic E-state index is 0.195. The van der Waals surface area contributed by atoms with Gasteiger partial charge in [0.25, 0.3) is 11.6 Å².